The SMILES string of the molecule is CS/C(=N\c1ccccc1)C(F)(F)F. The maximum absolute atomic E-state index is 12.3. The van der Waals surface area contributed by atoms with Crippen molar-refractivity contribution in [3.63, 3.8) is 0 Å². The molecule has 0 unspecified atom stereocenters. The molecule has 0 aliphatic rings. The van der Waals surface area contributed by atoms with Crippen molar-refractivity contribution in [3.05, 3.63) is 30.3 Å². The van der Waals surface area contributed by atoms with Gasteiger partial charge in [0.15, 0.2) is 5.04 Å². The van der Waals surface area contributed by atoms with E-state index >= 15 is 0 Å². The minimum Gasteiger partial charge on any atom is -0.237 e. The number of hydrogen-bond donors (Lipinski definition) is 0. The average molecular weight is 219 g/mol. The van der Waals surface area contributed by atoms with Crippen LogP contribution in [0.4, 0.5) is 18.9 Å². The predicted molar refractivity (Wildman–Crippen MR) is 53.1 cm³/mol. The number of aliphatic imine (C=N–C) groups is 1. The maximum Gasteiger partial charge on any atom is 0.439 e. The van der Waals surface area contributed by atoms with Gasteiger partial charge in [-0.15, -0.1) is 11.8 Å². The van der Waals surface area contributed by atoms with Gasteiger partial charge in [0, 0.05) is 0 Å². The molecule has 76 valence electrons. The molecule has 0 heterocycles. The highest BCUT2D eigenvalue weighted by atomic mass is 32.2. The van der Waals surface area contributed by atoms with Gasteiger partial charge in [-0.25, -0.2) is 4.99 Å². The Labute approximate surface area is 84.0 Å². The van der Waals surface area contributed by atoms with Gasteiger partial charge < -0.3 is 0 Å². The third-order valence-corrected chi connectivity index (χ3v) is 2.13. The van der Waals surface area contributed by atoms with Crippen molar-refractivity contribution in [2.75, 3.05) is 6.26 Å². The summed E-state index contributed by atoms with van der Waals surface area (Å²) in [6.07, 6.45) is -3.01. The van der Waals surface area contributed by atoms with Crippen LogP contribution in [-0.4, -0.2) is 17.5 Å². The summed E-state index contributed by atoms with van der Waals surface area (Å²) in [6.45, 7) is 0. The van der Waals surface area contributed by atoms with Gasteiger partial charge in [-0.1, -0.05) is 18.2 Å². The fraction of sp³-hybridized carbons (Fsp3) is 0.222. The lowest BCUT2D eigenvalue weighted by Gasteiger charge is -2.06. The molecular formula is C9H8F3NS. The van der Waals surface area contributed by atoms with E-state index < -0.39 is 11.2 Å². The number of nitrogens with zero attached hydrogens (tertiary/aromatic N) is 1. The van der Waals surface area contributed by atoms with Crippen molar-refractivity contribution >= 4 is 22.5 Å². The van der Waals surface area contributed by atoms with Crippen LogP contribution in [0.5, 0.6) is 0 Å². The molecule has 0 fully saturated rings. The second kappa shape index (κ2) is 4.50. The summed E-state index contributed by atoms with van der Waals surface area (Å²) in [6, 6.07) is 8.08. The number of halogens is 3. The van der Waals surface area contributed by atoms with Crippen LogP contribution in [0.15, 0.2) is 35.3 Å². The first-order valence-electron chi connectivity index (χ1n) is 3.79. The average Bonchev–Trinajstić information content (AvgIpc) is 2.14. The van der Waals surface area contributed by atoms with E-state index in [0.29, 0.717) is 17.4 Å². The van der Waals surface area contributed by atoms with Crippen LogP contribution >= 0.6 is 11.8 Å². The van der Waals surface area contributed by atoms with Crippen molar-refractivity contribution in [3.8, 4) is 0 Å². The number of benzene rings is 1. The standard InChI is InChI=1S/C9H8F3NS/c1-14-8(9(10,11)12)13-7-5-3-2-4-6-7/h2-6H,1H3/b13-8-. The van der Waals surface area contributed by atoms with Crippen LogP contribution in [0.2, 0.25) is 0 Å². The molecule has 0 saturated carbocycles. The van der Waals surface area contributed by atoms with E-state index in [1.807, 2.05) is 0 Å². The molecule has 0 bridgehead atoms. The lowest BCUT2D eigenvalue weighted by Crippen LogP contribution is -2.18. The third-order valence-electron chi connectivity index (χ3n) is 1.42. The molecule has 1 nitrogen and oxygen atoms in total. The second-order valence-electron chi connectivity index (χ2n) is 2.45. The molecule has 0 aliphatic heterocycles. The molecule has 1 aromatic rings. The topological polar surface area (TPSA) is 12.4 Å². The first-order chi connectivity index (χ1) is 6.54. The summed E-state index contributed by atoms with van der Waals surface area (Å²) in [5.74, 6) is 0. The summed E-state index contributed by atoms with van der Waals surface area (Å²) in [5.41, 5.74) is 0.314. The summed E-state index contributed by atoms with van der Waals surface area (Å²) in [7, 11) is 0. The Morgan fingerprint density at radius 3 is 2.21 bits per heavy atom. The van der Waals surface area contributed by atoms with Gasteiger partial charge in [0.1, 0.15) is 0 Å². The Morgan fingerprint density at radius 1 is 1.21 bits per heavy atom. The smallest absolute Gasteiger partial charge is 0.237 e. The van der Waals surface area contributed by atoms with Crippen molar-refractivity contribution < 1.29 is 13.2 Å². The van der Waals surface area contributed by atoms with Gasteiger partial charge >= 0.3 is 6.18 Å². The number of hydrogen-bond acceptors (Lipinski definition) is 2. The van der Waals surface area contributed by atoms with Crippen LogP contribution in [0.25, 0.3) is 0 Å². The molecule has 1 aromatic carbocycles. The molecular weight excluding hydrogens is 211 g/mol. The molecule has 0 N–H and O–H groups in total. The minimum atomic E-state index is -4.37. The van der Waals surface area contributed by atoms with Crippen molar-refractivity contribution in [2.45, 2.75) is 6.18 Å². The van der Waals surface area contributed by atoms with Crippen LogP contribution in [-0.2, 0) is 0 Å². The third kappa shape index (κ3) is 3.06. The molecule has 0 amide bonds. The van der Waals surface area contributed by atoms with E-state index in [-0.39, 0.29) is 0 Å². The predicted octanol–water partition coefficient (Wildman–Crippen LogP) is 3.64. The zero-order valence-corrected chi connectivity index (χ0v) is 8.19. The zero-order valence-electron chi connectivity index (χ0n) is 7.38. The molecule has 0 atom stereocenters. The number of thioether (sulfide) groups is 1. The number of rotatable bonds is 1. The highest BCUT2D eigenvalue weighted by Gasteiger charge is 2.35. The highest BCUT2D eigenvalue weighted by molar-refractivity contribution is 8.13. The first kappa shape index (κ1) is 11.1. The van der Waals surface area contributed by atoms with Gasteiger partial charge in [-0.05, 0) is 18.4 Å². The van der Waals surface area contributed by atoms with Gasteiger partial charge in [-0.3, -0.25) is 0 Å². The summed E-state index contributed by atoms with van der Waals surface area (Å²) >= 11 is 0.597. The first-order valence-corrected chi connectivity index (χ1v) is 5.01. The minimum absolute atomic E-state index is 0.314. The second-order valence-corrected chi connectivity index (χ2v) is 3.25. The van der Waals surface area contributed by atoms with Crippen LogP contribution in [0, 0.1) is 0 Å². The Morgan fingerprint density at radius 2 is 1.79 bits per heavy atom. The van der Waals surface area contributed by atoms with E-state index in [0.717, 1.165) is 0 Å². The van der Waals surface area contributed by atoms with Crippen LogP contribution in [0.3, 0.4) is 0 Å². The van der Waals surface area contributed by atoms with Gasteiger partial charge in [0.05, 0.1) is 5.69 Å². The molecule has 0 aromatic heterocycles. The van der Waals surface area contributed by atoms with Gasteiger partial charge in [0.25, 0.3) is 0 Å². The fourth-order valence-electron chi connectivity index (χ4n) is 0.845. The van der Waals surface area contributed by atoms with Crippen molar-refractivity contribution in [1.82, 2.24) is 0 Å². The Bertz CT molecular complexity index is 319. The zero-order chi connectivity index (χ0) is 10.6. The molecule has 0 aliphatic carbocycles. The van der Waals surface area contributed by atoms with E-state index in [9.17, 15) is 13.2 Å². The fourth-order valence-corrected chi connectivity index (χ4v) is 1.27. The van der Waals surface area contributed by atoms with E-state index in [1.54, 1.807) is 18.2 Å². The molecule has 1 rings (SSSR count). The molecule has 0 radical (unpaired) electrons. The van der Waals surface area contributed by atoms with E-state index in [1.165, 1.54) is 18.4 Å². The molecule has 0 spiro atoms. The monoisotopic (exact) mass is 219 g/mol. The van der Waals surface area contributed by atoms with Crippen LogP contribution in [0.1, 0.15) is 0 Å². The quantitative estimate of drug-likeness (QED) is 0.519. The summed E-state index contributed by atoms with van der Waals surface area (Å²) < 4.78 is 36.8. The largest absolute Gasteiger partial charge is 0.439 e. The molecule has 0 saturated heterocycles. The Balaban J connectivity index is 2.96. The summed E-state index contributed by atoms with van der Waals surface area (Å²) in [5, 5.41) is -0.830. The normalized spacial score (nSPS) is 13.0. The molecule has 5 heteroatoms. The Hall–Kier alpha value is -0.970. The summed E-state index contributed by atoms with van der Waals surface area (Å²) in [4.78, 5) is 3.50. The lowest BCUT2D eigenvalue weighted by atomic mass is 10.3. The highest BCUT2D eigenvalue weighted by Crippen LogP contribution is 2.26. The van der Waals surface area contributed by atoms with E-state index in [2.05, 4.69) is 4.99 Å². The molecule has 14 heavy (non-hydrogen) atoms. The van der Waals surface area contributed by atoms with Crippen LogP contribution < -0.4 is 0 Å². The lowest BCUT2D eigenvalue weighted by molar-refractivity contribution is -0.0553. The number of alkyl halides is 3. The van der Waals surface area contributed by atoms with Gasteiger partial charge in [-0.2, -0.15) is 13.2 Å². The Kier molecular flexibility index (Phi) is 3.57. The van der Waals surface area contributed by atoms with Gasteiger partial charge in [0.2, 0.25) is 0 Å². The maximum atomic E-state index is 12.3. The van der Waals surface area contributed by atoms with E-state index in [4.69, 9.17) is 0 Å². The number of para-hydroxylation sites is 1. The van der Waals surface area contributed by atoms with Crippen molar-refractivity contribution in [2.24, 2.45) is 4.99 Å². The van der Waals surface area contributed by atoms with Crippen molar-refractivity contribution in [1.29, 1.82) is 0 Å².